The van der Waals surface area contributed by atoms with Gasteiger partial charge in [0.25, 0.3) is 5.91 Å². The molecule has 0 unspecified atom stereocenters. The van der Waals surface area contributed by atoms with Gasteiger partial charge in [0.15, 0.2) is 6.61 Å². The number of carbonyl (C=O) groups is 1. The molecule has 0 bridgehead atoms. The van der Waals surface area contributed by atoms with Gasteiger partial charge in [-0.05, 0) is 49.1 Å². The maximum atomic E-state index is 12.4. The first-order chi connectivity index (χ1) is 12.1. The lowest BCUT2D eigenvalue weighted by molar-refractivity contribution is -0.134. The molecule has 0 spiro atoms. The van der Waals surface area contributed by atoms with Crippen LogP contribution in [0.2, 0.25) is 5.02 Å². The lowest BCUT2D eigenvalue weighted by Crippen LogP contribution is -2.40. The van der Waals surface area contributed by atoms with Crippen LogP contribution in [0, 0.1) is 5.92 Å². The Hall–Kier alpha value is -2.05. The topological polar surface area (TPSA) is 67.6 Å². The van der Waals surface area contributed by atoms with Crippen molar-refractivity contribution in [1.82, 2.24) is 14.7 Å². The molecule has 2 aliphatic rings. The summed E-state index contributed by atoms with van der Waals surface area (Å²) in [6.45, 7) is 1.72. The van der Waals surface area contributed by atoms with Crippen molar-refractivity contribution in [2.24, 2.45) is 5.92 Å². The third-order valence-corrected chi connectivity index (χ3v) is 4.97. The highest BCUT2D eigenvalue weighted by Crippen LogP contribution is 2.40. The predicted molar refractivity (Wildman–Crippen MR) is 92.3 cm³/mol. The summed E-state index contributed by atoms with van der Waals surface area (Å²) in [5.41, 5.74) is 1.69. The van der Waals surface area contributed by atoms with E-state index < -0.39 is 6.10 Å². The van der Waals surface area contributed by atoms with Gasteiger partial charge in [0.2, 0.25) is 0 Å². The van der Waals surface area contributed by atoms with E-state index in [1.807, 2.05) is 10.7 Å². The molecule has 2 aromatic rings. The van der Waals surface area contributed by atoms with Crippen LogP contribution in [0.3, 0.4) is 0 Å². The van der Waals surface area contributed by atoms with E-state index in [0.717, 1.165) is 24.2 Å². The number of aliphatic hydroxyl groups is 1. The number of aliphatic hydroxyl groups excluding tert-OH is 1. The highest BCUT2D eigenvalue weighted by molar-refractivity contribution is 6.30. The van der Waals surface area contributed by atoms with Crippen LogP contribution in [0.5, 0.6) is 5.75 Å². The molecule has 4 rings (SSSR count). The lowest BCUT2D eigenvalue weighted by Gasteiger charge is -2.27. The zero-order valence-corrected chi connectivity index (χ0v) is 14.5. The fourth-order valence-electron chi connectivity index (χ4n) is 3.07. The molecule has 1 aliphatic heterocycles. The second-order valence-corrected chi connectivity index (χ2v) is 7.06. The van der Waals surface area contributed by atoms with E-state index in [4.69, 9.17) is 16.3 Å². The Morgan fingerprint density at radius 3 is 2.80 bits per heavy atom. The largest absolute Gasteiger partial charge is 0.484 e. The Kier molecular flexibility index (Phi) is 4.39. The summed E-state index contributed by atoms with van der Waals surface area (Å²) in [7, 11) is 0. The van der Waals surface area contributed by atoms with E-state index in [1.165, 1.54) is 0 Å². The SMILES string of the molecule is O=C(COc1ccc(Cl)cc1)N1CCn2nc([C@H](O)C3CC3)cc2C1. The highest BCUT2D eigenvalue weighted by Gasteiger charge is 2.33. The third kappa shape index (κ3) is 3.65. The number of aromatic nitrogens is 2. The molecule has 7 heteroatoms. The van der Waals surface area contributed by atoms with Crippen LogP contribution in [0.15, 0.2) is 30.3 Å². The van der Waals surface area contributed by atoms with E-state index in [0.29, 0.717) is 36.3 Å². The first kappa shape index (κ1) is 16.4. The van der Waals surface area contributed by atoms with E-state index in [1.54, 1.807) is 29.2 Å². The second-order valence-electron chi connectivity index (χ2n) is 6.62. The van der Waals surface area contributed by atoms with Crippen LogP contribution in [0.4, 0.5) is 0 Å². The van der Waals surface area contributed by atoms with Gasteiger partial charge in [-0.1, -0.05) is 11.6 Å². The Bertz CT molecular complexity index is 770. The molecule has 1 aliphatic carbocycles. The first-order valence-corrected chi connectivity index (χ1v) is 8.89. The number of carbonyl (C=O) groups excluding carboxylic acids is 1. The molecule has 0 saturated heterocycles. The van der Waals surface area contributed by atoms with Crippen LogP contribution in [0.25, 0.3) is 0 Å². The van der Waals surface area contributed by atoms with E-state index in [2.05, 4.69) is 5.10 Å². The predicted octanol–water partition coefficient (Wildman–Crippen LogP) is 2.40. The van der Waals surface area contributed by atoms with Gasteiger partial charge in [-0.2, -0.15) is 5.10 Å². The average molecular weight is 362 g/mol. The molecular formula is C18H20ClN3O3. The fourth-order valence-corrected chi connectivity index (χ4v) is 3.19. The van der Waals surface area contributed by atoms with Crippen molar-refractivity contribution in [3.05, 3.63) is 46.7 Å². The molecule has 6 nitrogen and oxygen atoms in total. The molecule has 2 heterocycles. The third-order valence-electron chi connectivity index (χ3n) is 4.72. The number of hydrogen-bond donors (Lipinski definition) is 1. The van der Waals surface area contributed by atoms with Gasteiger partial charge in [-0.15, -0.1) is 0 Å². The van der Waals surface area contributed by atoms with Gasteiger partial charge >= 0.3 is 0 Å². The van der Waals surface area contributed by atoms with Crippen LogP contribution in [0.1, 0.15) is 30.3 Å². The van der Waals surface area contributed by atoms with Crippen LogP contribution in [-0.2, 0) is 17.9 Å². The van der Waals surface area contributed by atoms with E-state index >= 15 is 0 Å². The van der Waals surface area contributed by atoms with Gasteiger partial charge in [-0.3, -0.25) is 9.48 Å². The van der Waals surface area contributed by atoms with Crippen LogP contribution >= 0.6 is 11.6 Å². The van der Waals surface area contributed by atoms with Gasteiger partial charge in [0.05, 0.1) is 24.5 Å². The minimum Gasteiger partial charge on any atom is -0.484 e. The van der Waals surface area contributed by atoms with Crippen LogP contribution < -0.4 is 4.74 Å². The van der Waals surface area contributed by atoms with Gasteiger partial charge in [0.1, 0.15) is 11.9 Å². The lowest BCUT2D eigenvalue weighted by atomic mass is 10.1. The number of rotatable bonds is 5. The van der Waals surface area contributed by atoms with Crippen molar-refractivity contribution < 1.29 is 14.6 Å². The molecule has 132 valence electrons. The summed E-state index contributed by atoms with van der Waals surface area (Å²) in [6, 6.07) is 8.86. The number of amides is 1. The Labute approximate surface area is 151 Å². The van der Waals surface area contributed by atoms with Gasteiger partial charge in [0, 0.05) is 11.6 Å². The molecule has 1 fully saturated rings. The zero-order valence-electron chi connectivity index (χ0n) is 13.8. The van der Waals surface area contributed by atoms with Crippen molar-refractivity contribution in [3.8, 4) is 5.75 Å². The molecule has 1 amide bonds. The summed E-state index contributed by atoms with van der Waals surface area (Å²) in [6.07, 6.45) is 1.65. The molecule has 25 heavy (non-hydrogen) atoms. The number of benzene rings is 1. The van der Waals surface area contributed by atoms with Crippen molar-refractivity contribution in [3.63, 3.8) is 0 Å². The highest BCUT2D eigenvalue weighted by atomic mass is 35.5. The normalized spacial score (nSPS) is 17.9. The molecule has 1 aromatic heterocycles. The molecule has 1 N–H and O–H groups in total. The monoisotopic (exact) mass is 361 g/mol. The summed E-state index contributed by atoms with van der Waals surface area (Å²) in [5.74, 6) is 0.906. The van der Waals surface area contributed by atoms with E-state index in [9.17, 15) is 9.90 Å². The number of ether oxygens (including phenoxy) is 1. The number of halogens is 1. The summed E-state index contributed by atoms with van der Waals surface area (Å²) >= 11 is 5.83. The number of fused-ring (bicyclic) bond motifs is 1. The Balaban J connectivity index is 1.36. The quantitative estimate of drug-likeness (QED) is 0.888. The minimum atomic E-state index is -0.476. The number of nitrogens with zero attached hydrogens (tertiary/aromatic N) is 3. The number of hydrogen-bond acceptors (Lipinski definition) is 4. The smallest absolute Gasteiger partial charge is 0.260 e. The zero-order chi connectivity index (χ0) is 17.4. The van der Waals surface area contributed by atoms with Crippen molar-refractivity contribution >= 4 is 17.5 Å². The van der Waals surface area contributed by atoms with E-state index in [-0.39, 0.29) is 12.5 Å². The summed E-state index contributed by atoms with van der Waals surface area (Å²) in [4.78, 5) is 14.2. The van der Waals surface area contributed by atoms with Gasteiger partial charge < -0.3 is 14.7 Å². The van der Waals surface area contributed by atoms with Crippen molar-refractivity contribution in [1.29, 1.82) is 0 Å². The fraction of sp³-hybridized carbons (Fsp3) is 0.444. The molecule has 1 atom stereocenters. The molecule has 1 saturated carbocycles. The van der Waals surface area contributed by atoms with Crippen molar-refractivity contribution in [2.75, 3.05) is 13.2 Å². The first-order valence-electron chi connectivity index (χ1n) is 8.51. The Morgan fingerprint density at radius 1 is 1.32 bits per heavy atom. The average Bonchev–Trinajstić information content (AvgIpc) is 3.38. The standard InChI is InChI=1S/C18H20ClN3O3/c19-13-3-5-15(6-4-13)25-11-17(23)21-7-8-22-14(10-21)9-16(20-22)18(24)12-1-2-12/h3-6,9,12,18,24H,1-2,7-8,10-11H2/t18-/m1/s1. The minimum absolute atomic E-state index is 0.00662. The Morgan fingerprint density at radius 2 is 2.08 bits per heavy atom. The molecular weight excluding hydrogens is 342 g/mol. The molecule has 1 aromatic carbocycles. The van der Waals surface area contributed by atoms with Crippen LogP contribution in [-0.4, -0.2) is 38.8 Å². The molecule has 0 radical (unpaired) electrons. The summed E-state index contributed by atoms with van der Waals surface area (Å²) < 4.78 is 7.43. The maximum absolute atomic E-state index is 12.4. The second kappa shape index (κ2) is 6.69. The maximum Gasteiger partial charge on any atom is 0.260 e. The summed E-state index contributed by atoms with van der Waals surface area (Å²) in [5, 5.41) is 15.4. The van der Waals surface area contributed by atoms with Gasteiger partial charge in [-0.25, -0.2) is 0 Å². The van der Waals surface area contributed by atoms with Crippen molar-refractivity contribution in [2.45, 2.75) is 32.0 Å².